The zero-order chi connectivity index (χ0) is 14.8. The average Bonchev–Trinajstić information content (AvgIpc) is 2.86. The van der Waals surface area contributed by atoms with Crippen LogP contribution in [0.5, 0.6) is 5.75 Å². The predicted octanol–water partition coefficient (Wildman–Crippen LogP) is 4.12. The Labute approximate surface area is 130 Å². The molecule has 2 aromatic rings. The van der Waals surface area contributed by atoms with Gasteiger partial charge in [0.25, 0.3) is 0 Å². The molecule has 1 aliphatic heterocycles. The normalized spacial score (nSPS) is 18.1. The summed E-state index contributed by atoms with van der Waals surface area (Å²) in [6, 6.07) is 14.0. The molecule has 0 saturated heterocycles. The van der Waals surface area contributed by atoms with Crippen LogP contribution in [0.3, 0.4) is 0 Å². The zero-order valence-electron chi connectivity index (χ0n) is 12.1. The second-order valence-corrected chi connectivity index (χ2v) is 6.16. The Hall–Kier alpha value is -1.51. The van der Waals surface area contributed by atoms with E-state index >= 15 is 0 Å². The van der Waals surface area contributed by atoms with Gasteiger partial charge in [0.1, 0.15) is 11.9 Å². The molecule has 0 amide bonds. The molecule has 2 atom stereocenters. The van der Waals surface area contributed by atoms with Crippen molar-refractivity contribution in [3.8, 4) is 5.75 Å². The Morgan fingerprint density at radius 2 is 2.14 bits per heavy atom. The molecule has 0 spiro atoms. The summed E-state index contributed by atoms with van der Waals surface area (Å²) in [5.74, 6) is 1.04. The second-order valence-electron chi connectivity index (χ2n) is 5.73. The van der Waals surface area contributed by atoms with E-state index in [0.29, 0.717) is 5.02 Å². The van der Waals surface area contributed by atoms with E-state index in [0.717, 1.165) is 24.2 Å². The third-order valence-electron chi connectivity index (χ3n) is 4.05. The van der Waals surface area contributed by atoms with Crippen LogP contribution < -0.4 is 4.74 Å². The van der Waals surface area contributed by atoms with Gasteiger partial charge in [0.2, 0.25) is 0 Å². The van der Waals surface area contributed by atoms with Gasteiger partial charge in [-0.05, 0) is 42.7 Å². The summed E-state index contributed by atoms with van der Waals surface area (Å²) < 4.78 is 6.00. The van der Waals surface area contributed by atoms with E-state index in [1.54, 1.807) is 0 Å². The Morgan fingerprint density at radius 1 is 1.29 bits per heavy atom. The van der Waals surface area contributed by atoms with Gasteiger partial charge < -0.3 is 9.84 Å². The largest absolute Gasteiger partial charge is 0.490 e. The monoisotopic (exact) mass is 302 g/mol. The fraction of sp³-hybridized carbons (Fsp3) is 0.333. The van der Waals surface area contributed by atoms with Crippen molar-refractivity contribution in [1.29, 1.82) is 0 Å². The van der Waals surface area contributed by atoms with Crippen LogP contribution >= 0.6 is 11.6 Å². The van der Waals surface area contributed by atoms with Crippen molar-refractivity contribution in [3.05, 3.63) is 64.2 Å². The Balaban J connectivity index is 1.72. The molecular formula is C18H19ClO2. The molecule has 110 valence electrons. The summed E-state index contributed by atoms with van der Waals surface area (Å²) in [4.78, 5) is 0. The highest BCUT2D eigenvalue weighted by Crippen LogP contribution is 2.34. The van der Waals surface area contributed by atoms with Crippen molar-refractivity contribution in [2.75, 3.05) is 6.61 Å². The number of aryl methyl sites for hydroxylation is 1. The topological polar surface area (TPSA) is 29.5 Å². The lowest BCUT2D eigenvalue weighted by molar-refractivity contribution is 0.179. The lowest BCUT2D eigenvalue weighted by atomic mass is 9.92. The van der Waals surface area contributed by atoms with Gasteiger partial charge in [0, 0.05) is 17.4 Å². The van der Waals surface area contributed by atoms with Gasteiger partial charge in [0.15, 0.2) is 0 Å². The second kappa shape index (κ2) is 6.08. The van der Waals surface area contributed by atoms with Crippen molar-refractivity contribution in [2.45, 2.75) is 31.8 Å². The maximum Gasteiger partial charge on any atom is 0.123 e. The molecule has 1 aliphatic rings. The van der Waals surface area contributed by atoms with Gasteiger partial charge in [-0.1, -0.05) is 41.4 Å². The van der Waals surface area contributed by atoms with E-state index < -0.39 is 0 Å². The van der Waals surface area contributed by atoms with Crippen LogP contribution in [0, 0.1) is 6.92 Å². The smallest absolute Gasteiger partial charge is 0.123 e. The minimum Gasteiger partial charge on any atom is -0.490 e. The summed E-state index contributed by atoms with van der Waals surface area (Å²) in [5, 5.41) is 10.4. The third-order valence-corrected chi connectivity index (χ3v) is 4.28. The number of fused-ring (bicyclic) bond motifs is 1. The molecule has 2 aromatic carbocycles. The molecule has 0 radical (unpaired) electrons. The number of aliphatic hydroxyl groups is 1. The molecule has 3 heteroatoms. The van der Waals surface area contributed by atoms with Gasteiger partial charge in [0.05, 0.1) is 6.61 Å². The molecule has 21 heavy (non-hydrogen) atoms. The van der Waals surface area contributed by atoms with Crippen LogP contribution in [0.2, 0.25) is 5.02 Å². The molecular weight excluding hydrogens is 284 g/mol. The van der Waals surface area contributed by atoms with Crippen molar-refractivity contribution in [1.82, 2.24) is 0 Å². The van der Waals surface area contributed by atoms with Crippen LogP contribution in [0.25, 0.3) is 0 Å². The molecule has 0 aromatic heterocycles. The van der Waals surface area contributed by atoms with E-state index in [1.807, 2.05) is 30.3 Å². The van der Waals surface area contributed by atoms with Crippen LogP contribution in [-0.2, 0) is 6.42 Å². The lowest BCUT2D eigenvalue weighted by Crippen LogP contribution is -2.19. The number of aliphatic hydroxyl groups excluding tert-OH is 1. The average molecular weight is 303 g/mol. The Morgan fingerprint density at radius 3 is 2.90 bits per heavy atom. The van der Waals surface area contributed by atoms with Gasteiger partial charge in [-0.3, -0.25) is 0 Å². The van der Waals surface area contributed by atoms with Crippen molar-refractivity contribution in [3.63, 3.8) is 0 Å². The van der Waals surface area contributed by atoms with Crippen LogP contribution in [0.1, 0.15) is 29.0 Å². The van der Waals surface area contributed by atoms with Gasteiger partial charge in [-0.25, -0.2) is 0 Å². The van der Waals surface area contributed by atoms with Gasteiger partial charge >= 0.3 is 0 Å². The number of hydrogen-bond donors (Lipinski definition) is 1. The Kier molecular flexibility index (Phi) is 4.18. The first-order valence-electron chi connectivity index (χ1n) is 7.28. The Bertz CT molecular complexity index is 639. The lowest BCUT2D eigenvalue weighted by Gasteiger charge is -2.19. The molecule has 2 unspecified atom stereocenters. The van der Waals surface area contributed by atoms with E-state index in [4.69, 9.17) is 16.3 Å². The van der Waals surface area contributed by atoms with E-state index in [1.165, 1.54) is 11.1 Å². The fourth-order valence-corrected chi connectivity index (χ4v) is 3.17. The SMILES string of the molecule is Cc1ccc2c(c1)CC(CC(CO)c1cccc(Cl)c1)O2. The molecule has 0 bridgehead atoms. The summed E-state index contributed by atoms with van der Waals surface area (Å²) in [7, 11) is 0. The maximum absolute atomic E-state index is 9.69. The number of halogens is 1. The predicted molar refractivity (Wildman–Crippen MR) is 85.2 cm³/mol. The quantitative estimate of drug-likeness (QED) is 0.920. The standard InChI is InChI=1S/C18H19ClO2/c1-12-5-6-18-14(7-12)9-17(21-18)10-15(11-20)13-3-2-4-16(19)8-13/h2-8,15,17,20H,9-11H2,1H3. The fourth-order valence-electron chi connectivity index (χ4n) is 2.97. The molecule has 1 heterocycles. The van der Waals surface area contributed by atoms with Gasteiger partial charge in [-0.2, -0.15) is 0 Å². The van der Waals surface area contributed by atoms with Crippen LogP contribution in [0.4, 0.5) is 0 Å². The first-order valence-corrected chi connectivity index (χ1v) is 7.66. The minimum atomic E-state index is 0.0594. The molecule has 2 nitrogen and oxygen atoms in total. The third kappa shape index (κ3) is 3.22. The molecule has 3 rings (SSSR count). The zero-order valence-corrected chi connectivity index (χ0v) is 12.8. The minimum absolute atomic E-state index is 0.0594. The highest BCUT2D eigenvalue weighted by molar-refractivity contribution is 6.30. The molecule has 0 saturated carbocycles. The summed E-state index contributed by atoms with van der Waals surface area (Å²) in [5.41, 5.74) is 3.59. The van der Waals surface area contributed by atoms with E-state index in [9.17, 15) is 5.11 Å². The number of rotatable bonds is 4. The maximum atomic E-state index is 9.69. The molecule has 0 aliphatic carbocycles. The molecule has 1 N–H and O–H groups in total. The van der Waals surface area contributed by atoms with Crippen molar-refractivity contribution < 1.29 is 9.84 Å². The highest BCUT2D eigenvalue weighted by atomic mass is 35.5. The summed E-state index contributed by atoms with van der Waals surface area (Å²) >= 11 is 6.04. The van der Waals surface area contributed by atoms with Crippen LogP contribution in [-0.4, -0.2) is 17.8 Å². The van der Waals surface area contributed by atoms with Crippen LogP contribution in [0.15, 0.2) is 42.5 Å². The number of ether oxygens (including phenoxy) is 1. The van der Waals surface area contributed by atoms with E-state index in [2.05, 4.69) is 19.1 Å². The summed E-state index contributed by atoms with van der Waals surface area (Å²) in [6.45, 7) is 2.20. The van der Waals surface area contributed by atoms with Gasteiger partial charge in [-0.15, -0.1) is 0 Å². The molecule has 0 fully saturated rings. The van der Waals surface area contributed by atoms with E-state index in [-0.39, 0.29) is 18.6 Å². The highest BCUT2D eigenvalue weighted by Gasteiger charge is 2.26. The van der Waals surface area contributed by atoms with Crippen molar-refractivity contribution >= 4 is 11.6 Å². The first kappa shape index (κ1) is 14.4. The van der Waals surface area contributed by atoms with Crippen molar-refractivity contribution in [2.24, 2.45) is 0 Å². The number of benzene rings is 2. The number of hydrogen-bond acceptors (Lipinski definition) is 2. The summed E-state index contributed by atoms with van der Waals surface area (Å²) in [6.07, 6.45) is 1.83. The first-order chi connectivity index (χ1) is 10.2.